The zero-order valence-corrected chi connectivity index (χ0v) is 11.9. The molecule has 2 aromatic heterocycles. The molecule has 3 rings (SSSR count). The van der Waals surface area contributed by atoms with Gasteiger partial charge in [-0.25, -0.2) is 4.98 Å². The van der Waals surface area contributed by atoms with Gasteiger partial charge < -0.3 is 9.73 Å². The van der Waals surface area contributed by atoms with Crippen molar-refractivity contribution in [2.24, 2.45) is 0 Å². The van der Waals surface area contributed by atoms with Crippen LogP contribution in [0.2, 0.25) is 0 Å². The zero-order chi connectivity index (χ0) is 13.4. The molecule has 1 aliphatic rings. The summed E-state index contributed by atoms with van der Waals surface area (Å²) in [5, 5.41) is 2.86. The van der Waals surface area contributed by atoms with E-state index in [0.717, 1.165) is 29.2 Å². The van der Waals surface area contributed by atoms with Crippen LogP contribution in [-0.4, -0.2) is 10.9 Å². The molecule has 0 unspecified atom stereocenters. The first-order valence-corrected chi connectivity index (χ1v) is 7.28. The Morgan fingerprint density at radius 1 is 1.47 bits per heavy atom. The summed E-state index contributed by atoms with van der Waals surface area (Å²) in [6.45, 7) is 4.11. The van der Waals surface area contributed by atoms with Gasteiger partial charge in [-0.15, -0.1) is 11.3 Å². The maximum Gasteiger partial charge on any atom is 0.261 e. The van der Waals surface area contributed by atoms with Crippen LogP contribution in [0.3, 0.4) is 0 Å². The SMILES string of the molecule is Cc1nc(CNC(=O)c2cc3c(s2)CCC3)oc1C. The average Bonchev–Trinajstić information content (AvgIpc) is 3.02. The molecule has 2 heterocycles. The van der Waals surface area contributed by atoms with Crippen molar-refractivity contribution in [3.63, 3.8) is 0 Å². The summed E-state index contributed by atoms with van der Waals surface area (Å²) in [6, 6.07) is 2.02. The van der Waals surface area contributed by atoms with Crippen LogP contribution in [0.15, 0.2) is 10.5 Å². The Balaban J connectivity index is 1.64. The number of thiophene rings is 1. The summed E-state index contributed by atoms with van der Waals surface area (Å²) in [4.78, 5) is 18.5. The van der Waals surface area contributed by atoms with Crippen molar-refractivity contribution in [1.29, 1.82) is 0 Å². The number of nitrogens with zero attached hydrogens (tertiary/aromatic N) is 1. The highest BCUT2D eigenvalue weighted by Gasteiger charge is 2.18. The van der Waals surface area contributed by atoms with E-state index in [1.54, 1.807) is 11.3 Å². The van der Waals surface area contributed by atoms with Gasteiger partial charge in [0.2, 0.25) is 5.89 Å². The van der Waals surface area contributed by atoms with Crippen LogP contribution in [0, 0.1) is 13.8 Å². The van der Waals surface area contributed by atoms with E-state index in [0.29, 0.717) is 12.4 Å². The predicted molar refractivity (Wildman–Crippen MR) is 73.5 cm³/mol. The molecule has 0 fully saturated rings. The third kappa shape index (κ3) is 2.42. The molecule has 2 aromatic rings. The molecule has 4 nitrogen and oxygen atoms in total. The number of nitrogens with one attached hydrogen (secondary N) is 1. The van der Waals surface area contributed by atoms with Crippen LogP contribution in [0.4, 0.5) is 0 Å². The Hall–Kier alpha value is -1.62. The Bertz CT molecular complexity index is 586. The van der Waals surface area contributed by atoms with E-state index in [2.05, 4.69) is 10.3 Å². The van der Waals surface area contributed by atoms with E-state index >= 15 is 0 Å². The number of carbonyl (C=O) groups is 1. The smallest absolute Gasteiger partial charge is 0.261 e. The second kappa shape index (κ2) is 4.81. The number of carbonyl (C=O) groups excluding carboxylic acids is 1. The highest BCUT2D eigenvalue weighted by molar-refractivity contribution is 7.14. The lowest BCUT2D eigenvalue weighted by Crippen LogP contribution is -2.22. The van der Waals surface area contributed by atoms with Gasteiger partial charge in [-0.1, -0.05) is 0 Å². The average molecular weight is 276 g/mol. The van der Waals surface area contributed by atoms with Gasteiger partial charge in [-0.05, 0) is 44.7 Å². The highest BCUT2D eigenvalue weighted by atomic mass is 32.1. The van der Waals surface area contributed by atoms with Crippen molar-refractivity contribution >= 4 is 17.2 Å². The van der Waals surface area contributed by atoms with Crippen LogP contribution in [0.1, 0.15) is 43.9 Å². The number of aromatic nitrogens is 1. The summed E-state index contributed by atoms with van der Waals surface area (Å²) in [7, 11) is 0. The molecule has 19 heavy (non-hydrogen) atoms. The monoisotopic (exact) mass is 276 g/mol. The molecule has 0 bridgehead atoms. The fourth-order valence-electron chi connectivity index (χ4n) is 2.30. The molecule has 1 amide bonds. The highest BCUT2D eigenvalue weighted by Crippen LogP contribution is 2.30. The first kappa shape index (κ1) is 12.4. The number of oxazole rings is 1. The van der Waals surface area contributed by atoms with Gasteiger partial charge >= 0.3 is 0 Å². The molecule has 1 aliphatic carbocycles. The minimum Gasteiger partial charge on any atom is -0.444 e. The molecule has 0 spiro atoms. The van der Waals surface area contributed by atoms with E-state index in [4.69, 9.17) is 4.42 Å². The van der Waals surface area contributed by atoms with Crippen molar-refractivity contribution in [2.75, 3.05) is 0 Å². The summed E-state index contributed by atoms with van der Waals surface area (Å²) >= 11 is 1.61. The molecule has 0 aliphatic heterocycles. The van der Waals surface area contributed by atoms with E-state index < -0.39 is 0 Å². The molecule has 1 N–H and O–H groups in total. The van der Waals surface area contributed by atoms with E-state index in [1.165, 1.54) is 16.9 Å². The summed E-state index contributed by atoms with van der Waals surface area (Å²) < 4.78 is 5.44. The summed E-state index contributed by atoms with van der Waals surface area (Å²) in [5.41, 5.74) is 2.22. The molecule has 100 valence electrons. The van der Waals surface area contributed by atoms with Crippen molar-refractivity contribution in [1.82, 2.24) is 10.3 Å². The quantitative estimate of drug-likeness (QED) is 0.938. The Morgan fingerprint density at radius 2 is 2.32 bits per heavy atom. The lowest BCUT2D eigenvalue weighted by atomic mass is 10.2. The lowest BCUT2D eigenvalue weighted by molar-refractivity contribution is 0.0951. The molecule has 5 heteroatoms. The molecule has 0 aromatic carbocycles. The minimum absolute atomic E-state index is 0.0343. The lowest BCUT2D eigenvalue weighted by Gasteiger charge is -1.99. The normalized spacial score (nSPS) is 13.6. The van der Waals surface area contributed by atoms with Gasteiger partial charge in [0.15, 0.2) is 0 Å². The van der Waals surface area contributed by atoms with Gasteiger partial charge in [-0.2, -0.15) is 0 Å². The number of hydrogen-bond donors (Lipinski definition) is 1. The number of aryl methyl sites for hydroxylation is 4. The van der Waals surface area contributed by atoms with Gasteiger partial charge in [0.05, 0.1) is 17.1 Å². The van der Waals surface area contributed by atoms with Crippen LogP contribution in [0.25, 0.3) is 0 Å². The molecule has 0 saturated heterocycles. The van der Waals surface area contributed by atoms with Gasteiger partial charge in [0.1, 0.15) is 5.76 Å². The van der Waals surface area contributed by atoms with Crippen molar-refractivity contribution in [3.05, 3.63) is 38.7 Å². The first-order chi connectivity index (χ1) is 9.13. The summed E-state index contributed by atoms with van der Waals surface area (Å²) in [6.07, 6.45) is 3.45. The Morgan fingerprint density at radius 3 is 3.00 bits per heavy atom. The molecule has 0 radical (unpaired) electrons. The molecular weight excluding hydrogens is 260 g/mol. The molecule has 0 atom stereocenters. The van der Waals surface area contributed by atoms with E-state index in [-0.39, 0.29) is 5.91 Å². The van der Waals surface area contributed by atoms with Crippen LogP contribution in [0.5, 0.6) is 0 Å². The van der Waals surface area contributed by atoms with Crippen LogP contribution >= 0.6 is 11.3 Å². The van der Waals surface area contributed by atoms with Crippen molar-refractivity contribution in [3.8, 4) is 0 Å². The van der Waals surface area contributed by atoms with Crippen molar-refractivity contribution in [2.45, 2.75) is 39.7 Å². The van der Waals surface area contributed by atoms with Crippen LogP contribution < -0.4 is 5.32 Å². The summed E-state index contributed by atoms with van der Waals surface area (Å²) in [5.74, 6) is 1.33. The van der Waals surface area contributed by atoms with Crippen molar-refractivity contribution < 1.29 is 9.21 Å². The van der Waals surface area contributed by atoms with Crippen LogP contribution in [-0.2, 0) is 19.4 Å². The zero-order valence-electron chi connectivity index (χ0n) is 11.1. The fraction of sp³-hybridized carbons (Fsp3) is 0.429. The molecule has 0 saturated carbocycles. The minimum atomic E-state index is -0.0343. The number of amides is 1. The van der Waals surface area contributed by atoms with E-state index in [1.807, 2.05) is 19.9 Å². The second-order valence-electron chi connectivity index (χ2n) is 4.84. The van der Waals surface area contributed by atoms with Gasteiger partial charge in [0, 0.05) is 4.88 Å². The Kier molecular flexibility index (Phi) is 3.14. The van der Waals surface area contributed by atoms with Gasteiger partial charge in [0.25, 0.3) is 5.91 Å². The third-order valence-electron chi connectivity index (χ3n) is 3.44. The number of rotatable bonds is 3. The second-order valence-corrected chi connectivity index (χ2v) is 5.98. The molecular formula is C14H16N2O2S. The third-order valence-corrected chi connectivity index (χ3v) is 4.68. The largest absolute Gasteiger partial charge is 0.444 e. The maximum atomic E-state index is 12.0. The van der Waals surface area contributed by atoms with E-state index in [9.17, 15) is 4.79 Å². The maximum absolute atomic E-state index is 12.0. The number of fused-ring (bicyclic) bond motifs is 1. The Labute approximate surface area is 115 Å². The first-order valence-electron chi connectivity index (χ1n) is 6.46. The van der Waals surface area contributed by atoms with Gasteiger partial charge in [-0.3, -0.25) is 4.79 Å². The standard InChI is InChI=1S/C14H16N2O2S/c1-8-9(2)18-13(16-8)7-15-14(17)12-6-10-4-3-5-11(10)19-12/h6H,3-5,7H2,1-2H3,(H,15,17). The fourth-order valence-corrected chi connectivity index (χ4v) is 3.47. The number of hydrogen-bond acceptors (Lipinski definition) is 4. The topological polar surface area (TPSA) is 55.1 Å². The predicted octanol–water partition coefficient (Wildman–Crippen LogP) is 2.77.